The summed E-state index contributed by atoms with van der Waals surface area (Å²) in [7, 11) is 1.36. The van der Waals surface area contributed by atoms with E-state index in [-0.39, 0.29) is 5.97 Å². The van der Waals surface area contributed by atoms with Crippen LogP contribution in [0.3, 0.4) is 0 Å². The molecule has 5 heteroatoms. The first-order chi connectivity index (χ1) is 7.63. The molecular formula is C11H14N2O2S. The molecule has 1 aromatic rings. The van der Waals surface area contributed by atoms with Gasteiger partial charge in [0.25, 0.3) is 0 Å². The fourth-order valence-corrected chi connectivity index (χ4v) is 1.27. The monoisotopic (exact) mass is 238 g/mol. The van der Waals surface area contributed by atoms with Gasteiger partial charge in [-0.3, -0.25) is 0 Å². The number of ether oxygens (including phenoxy) is 1. The Morgan fingerprint density at radius 2 is 2.06 bits per heavy atom. The lowest BCUT2D eigenvalue weighted by Gasteiger charge is -2.06. The molecule has 0 unspecified atom stereocenters. The first-order valence-corrected chi connectivity index (χ1v) is 5.25. The lowest BCUT2D eigenvalue weighted by Crippen LogP contribution is -2.13. The smallest absolute Gasteiger partial charge is 0.337 e. The first-order valence-electron chi connectivity index (χ1n) is 4.84. The molecule has 0 saturated heterocycles. The highest BCUT2D eigenvalue weighted by Crippen LogP contribution is 2.10. The van der Waals surface area contributed by atoms with Crippen LogP contribution in [0.2, 0.25) is 0 Å². The molecule has 4 nitrogen and oxygen atoms in total. The van der Waals surface area contributed by atoms with Gasteiger partial charge in [-0.25, -0.2) is 4.79 Å². The Kier molecular flexibility index (Phi) is 4.72. The molecule has 0 spiro atoms. The summed E-state index contributed by atoms with van der Waals surface area (Å²) in [6, 6.07) is 7.03. The summed E-state index contributed by atoms with van der Waals surface area (Å²) >= 11 is 4.76. The number of nitrogens with one attached hydrogen (secondary N) is 1. The van der Waals surface area contributed by atoms with Gasteiger partial charge < -0.3 is 15.8 Å². The average Bonchev–Trinajstić information content (AvgIpc) is 2.28. The lowest BCUT2D eigenvalue weighted by molar-refractivity contribution is 0.0601. The Balaban J connectivity index is 2.51. The van der Waals surface area contributed by atoms with Gasteiger partial charge in [0, 0.05) is 18.7 Å². The molecule has 0 aliphatic rings. The van der Waals surface area contributed by atoms with Gasteiger partial charge in [-0.05, 0) is 24.3 Å². The van der Waals surface area contributed by atoms with E-state index in [0.717, 1.165) is 5.69 Å². The van der Waals surface area contributed by atoms with Gasteiger partial charge in [0.05, 0.1) is 17.7 Å². The molecule has 0 saturated carbocycles. The van der Waals surface area contributed by atoms with E-state index >= 15 is 0 Å². The number of hydrogen-bond acceptors (Lipinski definition) is 4. The Morgan fingerprint density at radius 3 is 2.56 bits per heavy atom. The van der Waals surface area contributed by atoms with Crippen LogP contribution in [0.5, 0.6) is 0 Å². The molecule has 86 valence electrons. The van der Waals surface area contributed by atoms with Gasteiger partial charge in [-0.2, -0.15) is 0 Å². The lowest BCUT2D eigenvalue weighted by atomic mass is 10.2. The normalized spacial score (nSPS) is 9.56. The molecule has 16 heavy (non-hydrogen) atoms. The van der Waals surface area contributed by atoms with Crippen molar-refractivity contribution in [1.29, 1.82) is 0 Å². The summed E-state index contributed by atoms with van der Waals surface area (Å²) in [6.45, 7) is 0.687. The number of nitrogens with two attached hydrogens (primary N) is 1. The standard InChI is InChI=1S/C11H14N2O2S/c1-15-11(14)8-2-4-9(5-3-8)13-7-6-10(12)16/h2-5,13H,6-7H2,1H3,(H2,12,16). The number of benzene rings is 1. The van der Waals surface area contributed by atoms with Gasteiger partial charge in [0.2, 0.25) is 0 Å². The van der Waals surface area contributed by atoms with Crippen molar-refractivity contribution in [2.45, 2.75) is 6.42 Å². The van der Waals surface area contributed by atoms with Crippen LogP contribution in [0.1, 0.15) is 16.8 Å². The zero-order valence-corrected chi connectivity index (χ0v) is 9.84. The molecule has 0 radical (unpaired) electrons. The molecule has 0 atom stereocenters. The van der Waals surface area contributed by atoms with Gasteiger partial charge in [-0.1, -0.05) is 12.2 Å². The van der Waals surface area contributed by atoms with Crippen LogP contribution in [0.25, 0.3) is 0 Å². The highest BCUT2D eigenvalue weighted by Gasteiger charge is 2.03. The third-order valence-electron chi connectivity index (χ3n) is 2.01. The van der Waals surface area contributed by atoms with Crippen molar-refractivity contribution >= 4 is 28.9 Å². The van der Waals surface area contributed by atoms with E-state index in [1.807, 2.05) is 12.1 Å². The Labute approximate surface area is 99.8 Å². The minimum atomic E-state index is -0.338. The van der Waals surface area contributed by atoms with Crippen molar-refractivity contribution in [3.8, 4) is 0 Å². The van der Waals surface area contributed by atoms with Gasteiger partial charge in [-0.15, -0.1) is 0 Å². The fraction of sp³-hybridized carbons (Fsp3) is 0.273. The van der Waals surface area contributed by atoms with Crippen molar-refractivity contribution in [2.75, 3.05) is 19.0 Å². The molecular weight excluding hydrogens is 224 g/mol. The quantitative estimate of drug-likeness (QED) is 0.602. The van der Waals surface area contributed by atoms with Crippen molar-refractivity contribution in [3.05, 3.63) is 29.8 Å². The molecule has 3 N–H and O–H groups in total. The SMILES string of the molecule is COC(=O)c1ccc(NCCC(N)=S)cc1. The second-order valence-electron chi connectivity index (χ2n) is 3.21. The second-order valence-corrected chi connectivity index (χ2v) is 3.74. The molecule has 1 aromatic carbocycles. The van der Waals surface area contributed by atoms with E-state index in [4.69, 9.17) is 18.0 Å². The number of hydrogen-bond donors (Lipinski definition) is 2. The summed E-state index contributed by atoms with van der Waals surface area (Å²) in [5, 5.41) is 3.14. The average molecular weight is 238 g/mol. The summed E-state index contributed by atoms with van der Waals surface area (Å²) in [5.41, 5.74) is 6.82. The van der Waals surface area contributed by atoms with Crippen LogP contribution >= 0.6 is 12.2 Å². The number of carbonyl (C=O) groups is 1. The zero-order chi connectivity index (χ0) is 12.0. The van der Waals surface area contributed by atoms with Crippen molar-refractivity contribution in [2.24, 2.45) is 5.73 Å². The van der Waals surface area contributed by atoms with Gasteiger partial charge in [0.1, 0.15) is 0 Å². The molecule has 0 amide bonds. The first kappa shape index (κ1) is 12.4. The summed E-state index contributed by atoms with van der Waals surface area (Å²) < 4.78 is 4.60. The second kappa shape index (κ2) is 6.07. The van der Waals surface area contributed by atoms with Crippen LogP contribution in [-0.2, 0) is 4.74 Å². The molecule has 0 aliphatic heterocycles. The van der Waals surface area contributed by atoms with Crippen molar-refractivity contribution < 1.29 is 9.53 Å². The topological polar surface area (TPSA) is 64.3 Å². The Hall–Kier alpha value is -1.62. The maximum Gasteiger partial charge on any atom is 0.337 e. The Morgan fingerprint density at radius 1 is 1.44 bits per heavy atom. The van der Waals surface area contributed by atoms with Gasteiger partial charge >= 0.3 is 5.97 Å². The fourth-order valence-electron chi connectivity index (χ4n) is 1.17. The predicted octanol–water partition coefficient (Wildman–Crippen LogP) is 1.56. The molecule has 1 rings (SSSR count). The number of methoxy groups -OCH3 is 1. The number of carbonyl (C=O) groups excluding carboxylic acids is 1. The van der Waals surface area contributed by atoms with E-state index in [1.165, 1.54) is 7.11 Å². The highest BCUT2D eigenvalue weighted by molar-refractivity contribution is 7.80. The highest BCUT2D eigenvalue weighted by atomic mass is 32.1. The van der Waals surface area contributed by atoms with E-state index in [0.29, 0.717) is 23.5 Å². The largest absolute Gasteiger partial charge is 0.465 e. The number of rotatable bonds is 5. The van der Waals surface area contributed by atoms with Gasteiger partial charge in [0.15, 0.2) is 0 Å². The number of anilines is 1. The summed E-state index contributed by atoms with van der Waals surface area (Å²) in [6.07, 6.45) is 0.647. The van der Waals surface area contributed by atoms with Crippen molar-refractivity contribution in [1.82, 2.24) is 0 Å². The zero-order valence-electron chi connectivity index (χ0n) is 9.03. The molecule has 0 aromatic heterocycles. The third-order valence-corrected chi connectivity index (χ3v) is 2.21. The van der Waals surface area contributed by atoms with E-state index in [2.05, 4.69) is 10.1 Å². The maximum atomic E-state index is 11.2. The maximum absolute atomic E-state index is 11.2. The number of esters is 1. The molecule has 0 aliphatic carbocycles. The van der Waals surface area contributed by atoms with E-state index in [9.17, 15) is 4.79 Å². The Bertz CT molecular complexity index is 376. The molecule has 0 fully saturated rings. The summed E-state index contributed by atoms with van der Waals surface area (Å²) in [4.78, 5) is 11.6. The van der Waals surface area contributed by atoms with E-state index < -0.39 is 0 Å². The molecule has 0 bridgehead atoms. The van der Waals surface area contributed by atoms with Crippen LogP contribution in [0.4, 0.5) is 5.69 Å². The minimum Gasteiger partial charge on any atom is -0.465 e. The van der Waals surface area contributed by atoms with Crippen molar-refractivity contribution in [3.63, 3.8) is 0 Å². The number of thiocarbonyl (C=S) groups is 1. The van der Waals surface area contributed by atoms with Crippen LogP contribution in [-0.4, -0.2) is 24.6 Å². The minimum absolute atomic E-state index is 0.338. The predicted molar refractivity (Wildman–Crippen MR) is 67.7 cm³/mol. The molecule has 0 heterocycles. The van der Waals surface area contributed by atoms with Crippen LogP contribution in [0, 0.1) is 0 Å². The van der Waals surface area contributed by atoms with E-state index in [1.54, 1.807) is 12.1 Å². The van der Waals surface area contributed by atoms with Crippen LogP contribution in [0.15, 0.2) is 24.3 Å². The van der Waals surface area contributed by atoms with Crippen LogP contribution < -0.4 is 11.1 Å². The third kappa shape index (κ3) is 3.86. The summed E-state index contributed by atoms with van der Waals surface area (Å²) in [5.74, 6) is -0.338.